The monoisotopic (exact) mass is 756 g/mol. The quantitative estimate of drug-likeness (QED) is 0.0715. The molecule has 0 saturated carbocycles. The maximum absolute atomic E-state index is 14.2. The number of likely N-dealkylation sites (tertiary alicyclic amines) is 1. The minimum absolute atomic E-state index is 0.0258. The molecule has 3 N–H and O–H groups in total. The van der Waals surface area contributed by atoms with E-state index in [-0.39, 0.29) is 32.6 Å². The van der Waals surface area contributed by atoms with Crippen molar-refractivity contribution in [3.05, 3.63) is 138 Å². The van der Waals surface area contributed by atoms with E-state index in [0.29, 0.717) is 36.8 Å². The van der Waals surface area contributed by atoms with Gasteiger partial charge in [0.25, 0.3) is 0 Å². The summed E-state index contributed by atoms with van der Waals surface area (Å²) in [5.74, 6) is -3.46. The number of hydrogen-bond donors (Lipinski definition) is 3. The van der Waals surface area contributed by atoms with Crippen LogP contribution in [-0.2, 0) is 58.8 Å². The molecule has 1 aliphatic rings. The fraction of sp³-hybridized carbons (Fsp3) is 0.325. The first-order valence-electron chi connectivity index (χ1n) is 17.9. The highest BCUT2D eigenvalue weighted by Crippen LogP contribution is 2.49. The number of aromatic nitrogens is 1. The molecule has 2 heterocycles. The Morgan fingerprint density at radius 3 is 2.07 bits per heavy atom. The Morgan fingerprint density at radius 1 is 0.815 bits per heavy atom. The van der Waals surface area contributed by atoms with Crippen LogP contribution in [0.5, 0.6) is 0 Å². The molecule has 54 heavy (non-hydrogen) atoms. The van der Waals surface area contributed by atoms with Crippen molar-refractivity contribution in [2.45, 2.75) is 63.1 Å². The SMILES string of the molecule is O=C(NCC(=O)N1CCC[C@H]1C(=O)N[C@@H](Cc1ccccc1)P(=O)(O)O[C@@H](Cc1ccccc1)C(=O)OCCCc1ccncc1)OCc1ccccc1. The van der Waals surface area contributed by atoms with Gasteiger partial charge in [-0.25, -0.2) is 9.59 Å². The molecular formula is C40H45N4O9P. The number of nitrogens with one attached hydrogen (secondary N) is 2. The first-order valence-corrected chi connectivity index (χ1v) is 19.5. The number of hydrogen-bond acceptors (Lipinski definition) is 9. The molecule has 13 nitrogen and oxygen atoms in total. The van der Waals surface area contributed by atoms with Gasteiger partial charge in [0.2, 0.25) is 11.8 Å². The highest BCUT2D eigenvalue weighted by Gasteiger charge is 2.42. The number of nitrogens with zero attached hydrogens (tertiary/aromatic N) is 2. The number of benzene rings is 3. The lowest BCUT2D eigenvalue weighted by Crippen LogP contribution is -2.51. The van der Waals surface area contributed by atoms with Crippen LogP contribution in [0, 0.1) is 0 Å². The summed E-state index contributed by atoms with van der Waals surface area (Å²) < 4.78 is 30.7. The van der Waals surface area contributed by atoms with Gasteiger partial charge in [0.05, 0.1) is 6.61 Å². The van der Waals surface area contributed by atoms with Crippen molar-refractivity contribution in [1.82, 2.24) is 20.5 Å². The zero-order valence-electron chi connectivity index (χ0n) is 29.8. The largest absolute Gasteiger partial charge is 0.464 e. The van der Waals surface area contributed by atoms with E-state index < -0.39 is 55.9 Å². The van der Waals surface area contributed by atoms with Crippen LogP contribution in [0.4, 0.5) is 4.79 Å². The van der Waals surface area contributed by atoms with Crippen LogP contribution in [0.15, 0.2) is 116 Å². The Balaban J connectivity index is 1.25. The molecule has 1 fully saturated rings. The summed E-state index contributed by atoms with van der Waals surface area (Å²) in [6, 6.07) is 29.5. The first kappa shape index (κ1) is 39.8. The number of esters is 1. The highest BCUT2D eigenvalue weighted by atomic mass is 31.2. The van der Waals surface area contributed by atoms with E-state index in [1.54, 1.807) is 79.1 Å². The average molecular weight is 757 g/mol. The van der Waals surface area contributed by atoms with Crippen molar-refractivity contribution >= 4 is 31.5 Å². The van der Waals surface area contributed by atoms with Gasteiger partial charge in [0.15, 0.2) is 6.10 Å². The topological polar surface area (TPSA) is 173 Å². The van der Waals surface area contributed by atoms with E-state index in [9.17, 15) is 28.6 Å². The summed E-state index contributed by atoms with van der Waals surface area (Å²) in [5.41, 5.74) is 3.12. The Hall–Kier alpha value is -5.36. The zero-order chi connectivity index (χ0) is 38.2. The van der Waals surface area contributed by atoms with Crippen molar-refractivity contribution in [2.24, 2.45) is 0 Å². The van der Waals surface area contributed by atoms with Gasteiger partial charge < -0.3 is 29.9 Å². The van der Waals surface area contributed by atoms with Crippen molar-refractivity contribution < 1.29 is 42.6 Å². The summed E-state index contributed by atoms with van der Waals surface area (Å²) >= 11 is 0. The normalized spacial score (nSPS) is 16.0. The summed E-state index contributed by atoms with van der Waals surface area (Å²) in [4.78, 5) is 69.6. The zero-order valence-corrected chi connectivity index (χ0v) is 30.7. The molecule has 0 aliphatic carbocycles. The third kappa shape index (κ3) is 12.4. The van der Waals surface area contributed by atoms with Crippen molar-refractivity contribution in [2.75, 3.05) is 19.7 Å². The molecule has 3 aromatic carbocycles. The molecule has 0 spiro atoms. The second-order valence-electron chi connectivity index (χ2n) is 12.8. The predicted molar refractivity (Wildman–Crippen MR) is 200 cm³/mol. The van der Waals surface area contributed by atoms with Crippen LogP contribution < -0.4 is 10.6 Å². The van der Waals surface area contributed by atoms with E-state index in [4.69, 9.17) is 14.0 Å². The molecular weight excluding hydrogens is 711 g/mol. The summed E-state index contributed by atoms with van der Waals surface area (Å²) in [7, 11) is -4.82. The fourth-order valence-electron chi connectivity index (χ4n) is 6.05. The van der Waals surface area contributed by atoms with Crippen LogP contribution in [0.2, 0.25) is 0 Å². The van der Waals surface area contributed by atoms with Gasteiger partial charge in [-0.15, -0.1) is 0 Å². The van der Waals surface area contributed by atoms with Gasteiger partial charge in [-0.2, -0.15) is 0 Å². The van der Waals surface area contributed by atoms with E-state index in [1.807, 2.05) is 36.4 Å². The van der Waals surface area contributed by atoms with Gasteiger partial charge in [0, 0.05) is 31.8 Å². The molecule has 1 aromatic heterocycles. The van der Waals surface area contributed by atoms with E-state index in [0.717, 1.165) is 11.1 Å². The standard InChI is InChI=1S/C40H45N4O9P/c45-37(28-42-40(48)52-29-33-16-8-3-9-17-33)44-24-10-19-34(44)38(46)43-36(27-32-14-6-2-7-15-32)54(49,50)53-35(26-31-12-4-1-5-13-31)39(47)51-25-11-18-30-20-22-41-23-21-30/h1-9,12-17,20-23,34-36H,10-11,18-19,24-29H2,(H,42,48)(H,43,46)(H,49,50)/t34-,35-,36+/m0/s1. The maximum atomic E-state index is 14.2. The third-order valence-corrected chi connectivity index (χ3v) is 10.5. The highest BCUT2D eigenvalue weighted by molar-refractivity contribution is 7.53. The molecule has 1 aliphatic heterocycles. The number of aryl methyl sites for hydroxylation is 1. The Morgan fingerprint density at radius 2 is 1.43 bits per heavy atom. The molecule has 284 valence electrons. The van der Waals surface area contributed by atoms with Gasteiger partial charge in [-0.3, -0.25) is 23.7 Å². The number of carbonyl (C=O) groups is 4. The smallest absolute Gasteiger partial charge is 0.407 e. The van der Waals surface area contributed by atoms with Crippen molar-refractivity contribution in [3.8, 4) is 0 Å². The van der Waals surface area contributed by atoms with Crippen LogP contribution >= 0.6 is 7.60 Å². The molecule has 1 saturated heterocycles. The summed E-state index contributed by atoms with van der Waals surface area (Å²) in [5, 5.41) is 5.10. The number of carbonyl (C=O) groups excluding carboxylic acids is 4. The van der Waals surface area contributed by atoms with Crippen LogP contribution in [0.25, 0.3) is 0 Å². The first-order chi connectivity index (χ1) is 26.2. The fourth-order valence-corrected chi connectivity index (χ4v) is 7.45. The molecule has 0 radical (unpaired) electrons. The molecule has 0 bridgehead atoms. The molecule has 3 amide bonds. The molecule has 1 unspecified atom stereocenters. The van der Waals surface area contributed by atoms with Crippen LogP contribution in [0.1, 0.15) is 41.5 Å². The third-order valence-electron chi connectivity index (χ3n) is 8.86. The van der Waals surface area contributed by atoms with Gasteiger partial charge in [-0.05, 0) is 60.1 Å². The second kappa shape index (κ2) is 20.2. The summed E-state index contributed by atoms with van der Waals surface area (Å²) in [6.07, 6.45) is 2.92. The number of amides is 3. The van der Waals surface area contributed by atoms with Gasteiger partial charge >= 0.3 is 19.7 Å². The van der Waals surface area contributed by atoms with Crippen LogP contribution in [-0.4, -0.2) is 76.3 Å². The van der Waals surface area contributed by atoms with E-state index in [2.05, 4.69) is 15.6 Å². The van der Waals surface area contributed by atoms with Gasteiger partial charge in [0.1, 0.15) is 25.0 Å². The van der Waals surface area contributed by atoms with Crippen LogP contribution in [0.3, 0.4) is 0 Å². The maximum Gasteiger partial charge on any atom is 0.407 e. The lowest BCUT2D eigenvalue weighted by molar-refractivity contribution is -0.152. The number of ether oxygens (including phenoxy) is 2. The molecule has 5 rings (SSSR count). The number of pyridine rings is 1. The lowest BCUT2D eigenvalue weighted by atomic mass is 10.1. The Labute approximate surface area is 314 Å². The lowest BCUT2D eigenvalue weighted by Gasteiger charge is -2.30. The molecule has 4 atom stereocenters. The van der Waals surface area contributed by atoms with Crippen molar-refractivity contribution in [1.29, 1.82) is 0 Å². The van der Waals surface area contributed by atoms with E-state index in [1.165, 1.54) is 4.90 Å². The average Bonchev–Trinajstić information content (AvgIpc) is 3.69. The molecule has 14 heteroatoms. The summed E-state index contributed by atoms with van der Waals surface area (Å²) in [6.45, 7) is -0.0718. The van der Waals surface area contributed by atoms with Crippen molar-refractivity contribution in [3.63, 3.8) is 0 Å². The predicted octanol–water partition coefficient (Wildman–Crippen LogP) is 4.97. The number of rotatable bonds is 18. The Bertz CT molecular complexity index is 1850. The molecule has 4 aromatic rings. The van der Waals surface area contributed by atoms with E-state index >= 15 is 0 Å². The Kier molecular flexibility index (Phi) is 14.9. The minimum atomic E-state index is -4.82. The minimum Gasteiger partial charge on any atom is -0.464 e. The number of alkyl carbamates (subject to hydrolysis) is 1. The second-order valence-corrected chi connectivity index (χ2v) is 14.8. The van der Waals surface area contributed by atoms with Gasteiger partial charge in [-0.1, -0.05) is 91.0 Å².